The largest absolute Gasteiger partial charge is 0.330 e. The van der Waals surface area contributed by atoms with Crippen LogP contribution < -0.4 is 5.73 Å². The molecule has 0 aliphatic rings. The zero-order chi connectivity index (χ0) is 13.1. The second-order valence-electron chi connectivity index (χ2n) is 5.36. The molecule has 0 fully saturated rings. The molecule has 0 heterocycles. The van der Waals surface area contributed by atoms with Gasteiger partial charge in [0.25, 0.3) is 0 Å². The first-order valence-corrected chi connectivity index (χ1v) is 6.62. The minimum atomic E-state index is -0.289. The van der Waals surface area contributed by atoms with Crippen LogP contribution in [0.5, 0.6) is 0 Å². The molecule has 0 saturated heterocycles. The van der Waals surface area contributed by atoms with Crippen LogP contribution in [0.3, 0.4) is 0 Å². The molecule has 0 aromatic heterocycles. The van der Waals surface area contributed by atoms with Gasteiger partial charge in [0.15, 0.2) is 0 Å². The first-order chi connectivity index (χ1) is 7.84. The Morgan fingerprint density at radius 1 is 1.29 bits per heavy atom. The number of benzene rings is 1. The van der Waals surface area contributed by atoms with E-state index in [4.69, 9.17) is 5.73 Å². The van der Waals surface area contributed by atoms with Gasteiger partial charge in [-0.05, 0) is 24.2 Å². The summed E-state index contributed by atoms with van der Waals surface area (Å²) < 4.78 is 1.04. The van der Waals surface area contributed by atoms with Crippen LogP contribution in [0, 0.1) is 5.41 Å². The molecule has 1 unspecified atom stereocenters. The lowest BCUT2D eigenvalue weighted by atomic mass is 9.83. The Hall–Kier alpha value is -0.670. The number of hydrogen-bond donors (Lipinski definition) is 1. The average Bonchev–Trinajstić information content (AvgIpc) is 2.25. The fraction of sp³-hybridized carbons (Fsp3) is 0.500. The van der Waals surface area contributed by atoms with Gasteiger partial charge < -0.3 is 5.73 Å². The van der Waals surface area contributed by atoms with Crippen molar-refractivity contribution in [1.82, 2.24) is 0 Å². The Kier molecular flexibility index (Phi) is 4.90. The first kappa shape index (κ1) is 14.4. The van der Waals surface area contributed by atoms with Crippen LogP contribution in [0.4, 0.5) is 0 Å². The average molecular weight is 298 g/mol. The molecule has 0 saturated carbocycles. The number of halogens is 1. The van der Waals surface area contributed by atoms with Crippen molar-refractivity contribution in [1.29, 1.82) is 0 Å². The zero-order valence-electron chi connectivity index (χ0n) is 10.7. The minimum Gasteiger partial charge on any atom is -0.330 e. The van der Waals surface area contributed by atoms with E-state index in [1.807, 2.05) is 45.0 Å². The SMILES string of the molecule is CC(C)(C)C(=O)CC(CN)c1ccc(Br)cc1. The quantitative estimate of drug-likeness (QED) is 0.924. The molecule has 2 N–H and O–H groups in total. The molecule has 1 atom stereocenters. The van der Waals surface area contributed by atoms with Gasteiger partial charge in [-0.1, -0.05) is 48.8 Å². The summed E-state index contributed by atoms with van der Waals surface area (Å²) in [6.45, 7) is 6.35. The van der Waals surface area contributed by atoms with E-state index in [0.29, 0.717) is 13.0 Å². The molecule has 1 aromatic carbocycles. The van der Waals surface area contributed by atoms with Crippen LogP contribution in [0.2, 0.25) is 0 Å². The van der Waals surface area contributed by atoms with Crippen LogP contribution in [0.1, 0.15) is 38.7 Å². The normalized spacial score (nSPS) is 13.5. The summed E-state index contributed by atoms with van der Waals surface area (Å²) in [5.41, 5.74) is 6.61. The number of rotatable bonds is 4. The molecule has 1 aromatic rings. The smallest absolute Gasteiger partial charge is 0.138 e. The standard InChI is InChI=1S/C14H20BrNO/c1-14(2,3)13(17)8-11(9-16)10-4-6-12(15)7-5-10/h4-7,11H,8-9,16H2,1-3H3. The van der Waals surface area contributed by atoms with E-state index in [0.717, 1.165) is 10.0 Å². The lowest BCUT2D eigenvalue weighted by molar-refractivity contribution is -0.126. The van der Waals surface area contributed by atoms with E-state index in [-0.39, 0.29) is 17.1 Å². The molecule has 2 nitrogen and oxygen atoms in total. The molecule has 0 amide bonds. The van der Waals surface area contributed by atoms with E-state index in [9.17, 15) is 4.79 Å². The van der Waals surface area contributed by atoms with Gasteiger partial charge in [-0.15, -0.1) is 0 Å². The maximum Gasteiger partial charge on any atom is 0.138 e. The Morgan fingerprint density at radius 3 is 2.24 bits per heavy atom. The summed E-state index contributed by atoms with van der Waals surface area (Å²) >= 11 is 3.40. The third-order valence-electron chi connectivity index (χ3n) is 2.89. The highest BCUT2D eigenvalue weighted by atomic mass is 79.9. The molecular formula is C14H20BrNO. The number of carbonyl (C=O) groups excluding carboxylic acids is 1. The molecule has 3 heteroatoms. The van der Waals surface area contributed by atoms with Crippen molar-refractivity contribution in [2.75, 3.05) is 6.54 Å². The van der Waals surface area contributed by atoms with Crippen molar-refractivity contribution in [3.8, 4) is 0 Å². The van der Waals surface area contributed by atoms with Crippen molar-refractivity contribution in [3.63, 3.8) is 0 Å². The number of carbonyl (C=O) groups is 1. The summed E-state index contributed by atoms with van der Waals surface area (Å²) in [4.78, 5) is 12.0. The maximum atomic E-state index is 12.0. The highest BCUT2D eigenvalue weighted by Crippen LogP contribution is 2.26. The van der Waals surface area contributed by atoms with Crippen LogP contribution in [0.15, 0.2) is 28.7 Å². The summed E-state index contributed by atoms with van der Waals surface area (Å²) in [5.74, 6) is 0.380. The Bertz CT molecular complexity index is 378. The summed E-state index contributed by atoms with van der Waals surface area (Å²) in [7, 11) is 0. The Balaban J connectivity index is 2.79. The van der Waals surface area contributed by atoms with Crippen LogP contribution in [-0.2, 0) is 4.79 Å². The summed E-state index contributed by atoms with van der Waals surface area (Å²) in [6, 6.07) is 8.02. The van der Waals surface area contributed by atoms with Crippen molar-refractivity contribution < 1.29 is 4.79 Å². The highest BCUT2D eigenvalue weighted by molar-refractivity contribution is 9.10. The van der Waals surface area contributed by atoms with Crippen molar-refractivity contribution in [2.45, 2.75) is 33.1 Å². The number of nitrogens with two attached hydrogens (primary N) is 1. The van der Waals surface area contributed by atoms with Gasteiger partial charge in [0.05, 0.1) is 0 Å². The third kappa shape index (κ3) is 4.25. The van der Waals surface area contributed by atoms with Crippen molar-refractivity contribution in [3.05, 3.63) is 34.3 Å². The fourth-order valence-electron chi connectivity index (χ4n) is 1.60. The Labute approximate surface area is 112 Å². The second-order valence-corrected chi connectivity index (χ2v) is 6.28. The zero-order valence-corrected chi connectivity index (χ0v) is 12.3. The number of Topliss-reactive ketones (excluding diaryl/α,β-unsaturated/α-hetero) is 1. The van der Waals surface area contributed by atoms with Gasteiger partial charge in [0.1, 0.15) is 5.78 Å². The van der Waals surface area contributed by atoms with E-state index in [1.54, 1.807) is 0 Å². The Morgan fingerprint density at radius 2 is 1.82 bits per heavy atom. The van der Waals surface area contributed by atoms with E-state index < -0.39 is 0 Å². The lowest BCUT2D eigenvalue weighted by Crippen LogP contribution is -2.25. The van der Waals surface area contributed by atoms with Gasteiger partial charge in [-0.3, -0.25) is 4.79 Å². The monoisotopic (exact) mass is 297 g/mol. The number of ketones is 1. The first-order valence-electron chi connectivity index (χ1n) is 5.83. The molecule has 0 aliphatic carbocycles. The summed E-state index contributed by atoms with van der Waals surface area (Å²) in [6.07, 6.45) is 0.516. The predicted molar refractivity (Wildman–Crippen MR) is 75.0 cm³/mol. The topological polar surface area (TPSA) is 43.1 Å². The molecular weight excluding hydrogens is 278 g/mol. The molecule has 0 spiro atoms. The fourth-order valence-corrected chi connectivity index (χ4v) is 1.87. The third-order valence-corrected chi connectivity index (χ3v) is 3.42. The van der Waals surface area contributed by atoms with Gasteiger partial charge in [-0.25, -0.2) is 0 Å². The molecule has 0 aliphatic heterocycles. The molecule has 17 heavy (non-hydrogen) atoms. The van der Waals surface area contributed by atoms with Crippen LogP contribution >= 0.6 is 15.9 Å². The van der Waals surface area contributed by atoms with Crippen molar-refractivity contribution >= 4 is 21.7 Å². The van der Waals surface area contributed by atoms with E-state index in [2.05, 4.69) is 15.9 Å². The van der Waals surface area contributed by atoms with E-state index in [1.165, 1.54) is 0 Å². The summed E-state index contributed by atoms with van der Waals surface area (Å²) in [5, 5.41) is 0. The molecule has 0 bridgehead atoms. The van der Waals surface area contributed by atoms with Crippen molar-refractivity contribution in [2.24, 2.45) is 11.1 Å². The van der Waals surface area contributed by atoms with E-state index >= 15 is 0 Å². The van der Waals surface area contributed by atoms with Gasteiger partial charge in [-0.2, -0.15) is 0 Å². The maximum absolute atomic E-state index is 12.0. The molecule has 94 valence electrons. The number of hydrogen-bond acceptors (Lipinski definition) is 2. The second kappa shape index (κ2) is 5.78. The molecule has 1 rings (SSSR count). The van der Waals surface area contributed by atoms with Crippen LogP contribution in [-0.4, -0.2) is 12.3 Å². The minimum absolute atomic E-state index is 0.120. The molecule has 0 radical (unpaired) electrons. The lowest BCUT2D eigenvalue weighted by Gasteiger charge is -2.21. The predicted octanol–water partition coefficient (Wildman–Crippen LogP) is 3.50. The highest BCUT2D eigenvalue weighted by Gasteiger charge is 2.24. The van der Waals surface area contributed by atoms with Gasteiger partial charge >= 0.3 is 0 Å². The van der Waals surface area contributed by atoms with Gasteiger partial charge in [0.2, 0.25) is 0 Å². The van der Waals surface area contributed by atoms with Crippen LogP contribution in [0.25, 0.3) is 0 Å². The van der Waals surface area contributed by atoms with Gasteiger partial charge in [0, 0.05) is 22.2 Å².